The van der Waals surface area contributed by atoms with Gasteiger partial charge in [0.05, 0.1) is 0 Å². The molecule has 33 heavy (non-hydrogen) atoms. The molecular weight excluding hydrogens is 484 g/mol. The van der Waals surface area contributed by atoms with Crippen LogP contribution in [-0.4, -0.2) is 33.4 Å². The number of carbonyl (C=O) groups is 2. The Bertz CT molecular complexity index is 1090. The molecule has 4 rings (SSSR count). The van der Waals surface area contributed by atoms with Gasteiger partial charge in [-0.05, 0) is 65.4 Å². The number of carbonyl (C=O) groups excluding carboxylic acids is 2. The molecule has 1 amide bonds. The number of hydrogen-bond donors (Lipinski definition) is 3. The molecular formula is C25H29BrN4O3. The predicted molar refractivity (Wildman–Crippen MR) is 131 cm³/mol. The monoisotopic (exact) mass is 512 g/mol. The van der Waals surface area contributed by atoms with E-state index in [0.29, 0.717) is 23.4 Å². The zero-order valence-electron chi connectivity index (χ0n) is 19.3. The van der Waals surface area contributed by atoms with E-state index >= 15 is 0 Å². The first-order chi connectivity index (χ1) is 15.7. The number of ketones is 1. The molecule has 8 heteroatoms. The summed E-state index contributed by atoms with van der Waals surface area (Å²) in [5, 5.41) is 13.8. The average molecular weight is 513 g/mol. The van der Waals surface area contributed by atoms with Gasteiger partial charge in [-0.3, -0.25) is 14.6 Å². The van der Waals surface area contributed by atoms with Crippen molar-refractivity contribution >= 4 is 33.4 Å². The molecule has 0 aromatic carbocycles. The maximum Gasteiger partial charge on any atom is 0.255 e. The fourth-order valence-corrected chi connectivity index (χ4v) is 4.49. The molecule has 174 valence electrons. The summed E-state index contributed by atoms with van der Waals surface area (Å²) < 4.78 is 0.827. The van der Waals surface area contributed by atoms with Crippen LogP contribution in [0.15, 0.2) is 69.9 Å². The van der Waals surface area contributed by atoms with Gasteiger partial charge in [0, 0.05) is 64.5 Å². The van der Waals surface area contributed by atoms with Crippen LogP contribution in [0.3, 0.4) is 0 Å². The van der Waals surface area contributed by atoms with E-state index in [1.807, 2.05) is 25.1 Å². The lowest BCUT2D eigenvalue weighted by Gasteiger charge is -2.39. The minimum absolute atomic E-state index is 0.0715. The lowest BCUT2D eigenvalue weighted by atomic mass is 9.68. The molecule has 2 aliphatic rings. The molecule has 0 bridgehead atoms. The third-order valence-corrected chi connectivity index (χ3v) is 5.94. The Morgan fingerprint density at radius 3 is 2.61 bits per heavy atom. The van der Waals surface area contributed by atoms with Crippen LogP contribution in [0.4, 0.5) is 5.82 Å². The van der Waals surface area contributed by atoms with Gasteiger partial charge < -0.3 is 15.7 Å². The zero-order valence-corrected chi connectivity index (χ0v) is 20.9. The molecule has 1 unspecified atom stereocenters. The minimum atomic E-state index is -0.464. The highest BCUT2D eigenvalue weighted by atomic mass is 79.9. The number of aliphatic hydroxyl groups excluding tert-OH is 1. The smallest absolute Gasteiger partial charge is 0.255 e. The van der Waals surface area contributed by atoms with Crippen LogP contribution >= 0.6 is 15.9 Å². The Morgan fingerprint density at radius 1 is 1.27 bits per heavy atom. The van der Waals surface area contributed by atoms with Gasteiger partial charge in [-0.15, -0.1) is 0 Å². The maximum absolute atomic E-state index is 13.3. The molecule has 1 aliphatic carbocycles. The molecule has 0 radical (unpaired) electrons. The topological polar surface area (TPSA) is 104 Å². The summed E-state index contributed by atoms with van der Waals surface area (Å²) >= 11 is 3.35. The van der Waals surface area contributed by atoms with E-state index in [1.165, 1.54) is 0 Å². The van der Waals surface area contributed by atoms with E-state index in [4.69, 9.17) is 5.11 Å². The van der Waals surface area contributed by atoms with E-state index in [1.54, 1.807) is 31.6 Å². The van der Waals surface area contributed by atoms with Crippen LogP contribution in [0.25, 0.3) is 0 Å². The van der Waals surface area contributed by atoms with Gasteiger partial charge in [0.2, 0.25) is 0 Å². The number of aliphatic hydroxyl groups is 1. The number of nitrogens with one attached hydrogen (secondary N) is 2. The predicted octanol–water partition coefficient (Wildman–Crippen LogP) is 4.48. The molecule has 3 N–H and O–H groups in total. The Labute approximate surface area is 202 Å². The highest BCUT2D eigenvalue weighted by Crippen LogP contribution is 2.46. The molecule has 2 aromatic rings. The van der Waals surface area contributed by atoms with E-state index in [0.717, 1.165) is 27.9 Å². The fourth-order valence-electron chi connectivity index (χ4n) is 4.25. The van der Waals surface area contributed by atoms with Crippen LogP contribution in [-0.2, 0) is 9.59 Å². The van der Waals surface area contributed by atoms with Gasteiger partial charge in [0.15, 0.2) is 5.78 Å². The van der Waals surface area contributed by atoms with Crippen LogP contribution in [0.5, 0.6) is 0 Å². The number of halogens is 1. The number of aromatic nitrogens is 2. The number of hydrogen-bond acceptors (Lipinski definition) is 6. The number of anilines is 1. The first-order valence-electron chi connectivity index (χ1n) is 10.8. The van der Waals surface area contributed by atoms with E-state index in [9.17, 15) is 9.59 Å². The van der Waals surface area contributed by atoms with Crippen LogP contribution in [0.1, 0.15) is 52.0 Å². The van der Waals surface area contributed by atoms with Crippen molar-refractivity contribution in [1.82, 2.24) is 15.3 Å². The van der Waals surface area contributed by atoms with Crippen LogP contribution in [0, 0.1) is 5.41 Å². The summed E-state index contributed by atoms with van der Waals surface area (Å²) in [6, 6.07) is 7.29. The average Bonchev–Trinajstić information content (AvgIpc) is 2.74. The number of rotatable bonds is 3. The fraction of sp³-hybridized carbons (Fsp3) is 0.360. The summed E-state index contributed by atoms with van der Waals surface area (Å²) in [6.07, 6.45) is 6.25. The standard InChI is InChI=1S/C23H23BrN4O2.C2H6O/c1-13-19(22(30)28-18-7-6-15(24)12-26-18)20(14-5-4-8-25-11-14)21-16(27-13)9-23(2,3)10-17(21)29;1-2-3/h4-8,11-12,20,27H,9-10H2,1-3H3,(H,26,28,30);3H,2H2,1H3. The molecule has 1 atom stereocenters. The Hall–Kier alpha value is -2.84. The molecule has 1 aliphatic heterocycles. The van der Waals surface area contributed by atoms with E-state index < -0.39 is 5.92 Å². The van der Waals surface area contributed by atoms with Gasteiger partial charge in [-0.1, -0.05) is 19.9 Å². The molecule has 0 saturated carbocycles. The highest BCUT2D eigenvalue weighted by molar-refractivity contribution is 9.10. The summed E-state index contributed by atoms with van der Waals surface area (Å²) in [7, 11) is 0. The number of Topliss-reactive ketones (excluding diaryl/α,β-unsaturated/α-hetero) is 1. The van der Waals surface area contributed by atoms with Crippen molar-refractivity contribution in [3.05, 3.63) is 75.4 Å². The molecule has 0 fully saturated rings. The summed E-state index contributed by atoms with van der Waals surface area (Å²) in [5.74, 6) is -0.228. The summed E-state index contributed by atoms with van der Waals surface area (Å²) in [5.41, 5.74) is 3.53. The first-order valence-corrected chi connectivity index (χ1v) is 11.6. The summed E-state index contributed by atoms with van der Waals surface area (Å²) in [6.45, 7) is 8.00. The van der Waals surface area contributed by atoms with Gasteiger partial charge in [-0.2, -0.15) is 0 Å². The molecule has 2 aromatic heterocycles. The van der Waals surface area contributed by atoms with Crippen molar-refractivity contribution in [1.29, 1.82) is 0 Å². The number of pyridine rings is 2. The minimum Gasteiger partial charge on any atom is -0.397 e. The lowest BCUT2D eigenvalue weighted by Crippen LogP contribution is -2.39. The Morgan fingerprint density at radius 2 is 2.00 bits per heavy atom. The number of dihydropyridines is 1. The largest absolute Gasteiger partial charge is 0.397 e. The van der Waals surface area contributed by atoms with Crippen molar-refractivity contribution < 1.29 is 14.7 Å². The van der Waals surface area contributed by atoms with Crippen molar-refractivity contribution in [2.45, 2.75) is 46.5 Å². The van der Waals surface area contributed by atoms with Crippen LogP contribution < -0.4 is 10.6 Å². The van der Waals surface area contributed by atoms with Crippen molar-refractivity contribution in [3.8, 4) is 0 Å². The van der Waals surface area contributed by atoms with E-state index in [-0.39, 0.29) is 23.7 Å². The number of amides is 1. The Balaban J connectivity index is 0.000000968. The second-order valence-corrected chi connectivity index (χ2v) is 9.76. The SMILES string of the molecule is CC1=C(C(=O)Nc2ccc(Br)cn2)C(c2cccnc2)C2=C(CC(C)(C)CC2=O)N1.CCO. The Kier molecular flexibility index (Phi) is 7.81. The number of allylic oxidation sites excluding steroid dienone is 3. The lowest BCUT2D eigenvalue weighted by molar-refractivity contribution is -0.118. The highest BCUT2D eigenvalue weighted by Gasteiger charge is 2.42. The van der Waals surface area contributed by atoms with Crippen molar-refractivity contribution in [3.63, 3.8) is 0 Å². The van der Waals surface area contributed by atoms with Gasteiger partial charge in [-0.25, -0.2) is 4.98 Å². The van der Waals surface area contributed by atoms with Crippen molar-refractivity contribution in [2.24, 2.45) is 5.41 Å². The third kappa shape index (κ3) is 5.75. The molecule has 0 saturated heterocycles. The number of nitrogens with zero attached hydrogens (tertiary/aromatic N) is 2. The third-order valence-electron chi connectivity index (χ3n) is 5.47. The maximum atomic E-state index is 13.3. The first kappa shape index (κ1) is 24.8. The molecule has 0 spiro atoms. The quantitative estimate of drug-likeness (QED) is 0.559. The second kappa shape index (κ2) is 10.4. The van der Waals surface area contributed by atoms with E-state index in [2.05, 4.69) is 50.4 Å². The van der Waals surface area contributed by atoms with Gasteiger partial charge >= 0.3 is 0 Å². The normalized spacial score (nSPS) is 19.2. The van der Waals surface area contributed by atoms with Gasteiger partial charge in [0.1, 0.15) is 5.82 Å². The van der Waals surface area contributed by atoms with Gasteiger partial charge in [0.25, 0.3) is 5.91 Å². The molecule has 3 heterocycles. The zero-order chi connectivity index (χ0) is 24.2. The summed E-state index contributed by atoms with van der Waals surface area (Å²) in [4.78, 5) is 35.0. The second-order valence-electron chi connectivity index (χ2n) is 8.85. The van der Waals surface area contributed by atoms with Crippen molar-refractivity contribution in [2.75, 3.05) is 11.9 Å². The van der Waals surface area contributed by atoms with Crippen LogP contribution in [0.2, 0.25) is 0 Å². The molecule has 7 nitrogen and oxygen atoms in total.